The summed E-state index contributed by atoms with van der Waals surface area (Å²) in [6.45, 7) is 4.17. The molecule has 0 radical (unpaired) electrons. The van der Waals surface area contributed by atoms with Gasteiger partial charge in [-0.05, 0) is 47.4 Å². The molecule has 1 aromatic heterocycles. The molecule has 0 fully saturated rings. The monoisotopic (exact) mass is 341 g/mol. The summed E-state index contributed by atoms with van der Waals surface area (Å²) >= 11 is 0. The van der Waals surface area contributed by atoms with Gasteiger partial charge in [0, 0.05) is 16.5 Å². The predicted molar refractivity (Wildman–Crippen MR) is 95.7 cm³/mol. The average Bonchev–Trinajstić information content (AvgIpc) is 2.92. The molecule has 0 bridgehead atoms. The number of hydrogen-bond acceptors (Lipinski definition) is 2. The molecular formula is C20H20FNO3. The Kier molecular flexibility index (Phi) is 4.49. The Hall–Kier alpha value is -2.82. The van der Waals surface area contributed by atoms with Crippen molar-refractivity contribution in [2.75, 3.05) is 7.11 Å². The molecule has 0 unspecified atom stereocenters. The van der Waals surface area contributed by atoms with Gasteiger partial charge in [0.1, 0.15) is 11.6 Å². The van der Waals surface area contributed by atoms with Crippen LogP contribution in [0.5, 0.6) is 5.75 Å². The minimum Gasteiger partial charge on any atom is -0.496 e. The van der Waals surface area contributed by atoms with Gasteiger partial charge in [0.25, 0.3) is 0 Å². The maximum Gasteiger partial charge on any atom is 0.307 e. The Labute approximate surface area is 145 Å². The quantitative estimate of drug-likeness (QED) is 0.705. The van der Waals surface area contributed by atoms with E-state index >= 15 is 0 Å². The molecule has 1 heterocycles. The number of fused-ring (bicyclic) bond motifs is 1. The second kappa shape index (κ2) is 6.59. The topological polar surface area (TPSA) is 62.3 Å². The minimum atomic E-state index is -0.938. The minimum absolute atomic E-state index is 0.156. The van der Waals surface area contributed by atoms with Crippen molar-refractivity contribution in [1.29, 1.82) is 0 Å². The molecule has 0 spiro atoms. The number of aromatic nitrogens is 1. The molecule has 2 aromatic carbocycles. The normalized spacial score (nSPS) is 11.2. The number of carboxylic acid groups (broad SMARTS) is 1. The number of halogens is 1. The molecule has 130 valence electrons. The highest BCUT2D eigenvalue weighted by Gasteiger charge is 2.19. The van der Waals surface area contributed by atoms with Gasteiger partial charge in [-0.3, -0.25) is 4.79 Å². The zero-order chi connectivity index (χ0) is 18.1. The summed E-state index contributed by atoms with van der Waals surface area (Å²) in [5.74, 6) is -0.529. The van der Waals surface area contributed by atoms with Gasteiger partial charge in [-0.2, -0.15) is 0 Å². The average molecular weight is 341 g/mol. The number of ether oxygens (including phenoxy) is 1. The van der Waals surface area contributed by atoms with Crippen molar-refractivity contribution in [3.8, 4) is 17.0 Å². The highest BCUT2D eigenvalue weighted by molar-refractivity contribution is 5.95. The number of H-pyrrole nitrogens is 1. The van der Waals surface area contributed by atoms with Gasteiger partial charge in [-0.1, -0.05) is 19.9 Å². The van der Waals surface area contributed by atoms with Crippen LogP contribution >= 0.6 is 0 Å². The largest absolute Gasteiger partial charge is 0.496 e. The molecule has 0 aliphatic heterocycles. The van der Waals surface area contributed by atoms with Gasteiger partial charge in [-0.25, -0.2) is 4.39 Å². The van der Waals surface area contributed by atoms with Crippen molar-refractivity contribution in [1.82, 2.24) is 4.98 Å². The van der Waals surface area contributed by atoms with Crippen LogP contribution in [0, 0.1) is 5.82 Å². The number of aromatic amines is 1. The second-order valence-corrected chi connectivity index (χ2v) is 6.35. The first-order valence-corrected chi connectivity index (χ1v) is 8.11. The number of rotatable bonds is 5. The smallest absolute Gasteiger partial charge is 0.307 e. The van der Waals surface area contributed by atoms with Crippen molar-refractivity contribution in [2.24, 2.45) is 0 Å². The summed E-state index contributed by atoms with van der Waals surface area (Å²) in [5.41, 5.74) is 3.67. The highest BCUT2D eigenvalue weighted by Crippen LogP contribution is 2.37. The van der Waals surface area contributed by atoms with Crippen LogP contribution in [0.2, 0.25) is 0 Å². The van der Waals surface area contributed by atoms with Crippen LogP contribution in [0.3, 0.4) is 0 Å². The van der Waals surface area contributed by atoms with Crippen LogP contribution in [-0.2, 0) is 11.2 Å². The lowest BCUT2D eigenvalue weighted by atomic mass is 9.97. The Bertz CT molecular complexity index is 944. The molecule has 2 N–H and O–H groups in total. The number of methoxy groups -OCH3 is 1. The van der Waals surface area contributed by atoms with Crippen molar-refractivity contribution < 1.29 is 19.0 Å². The van der Waals surface area contributed by atoms with E-state index in [1.165, 1.54) is 19.2 Å². The molecule has 0 amide bonds. The summed E-state index contributed by atoms with van der Waals surface area (Å²) in [6.07, 6.45) is -0.156. The summed E-state index contributed by atoms with van der Waals surface area (Å²) in [7, 11) is 1.51. The van der Waals surface area contributed by atoms with E-state index < -0.39 is 11.8 Å². The molecule has 0 aliphatic carbocycles. The van der Waals surface area contributed by atoms with E-state index in [0.29, 0.717) is 28.5 Å². The Balaban J connectivity index is 2.31. The number of hydrogen-bond donors (Lipinski definition) is 2. The zero-order valence-corrected chi connectivity index (χ0v) is 14.4. The fraction of sp³-hybridized carbons (Fsp3) is 0.250. The lowest BCUT2D eigenvalue weighted by Crippen LogP contribution is -2.02. The van der Waals surface area contributed by atoms with Gasteiger partial charge in [0.05, 0.1) is 19.2 Å². The maximum atomic E-state index is 13.8. The van der Waals surface area contributed by atoms with E-state index in [1.807, 2.05) is 18.2 Å². The van der Waals surface area contributed by atoms with Crippen LogP contribution in [-0.4, -0.2) is 23.2 Å². The first-order valence-electron chi connectivity index (χ1n) is 8.11. The summed E-state index contributed by atoms with van der Waals surface area (Å²) in [5, 5.41) is 10.2. The third-order valence-electron chi connectivity index (χ3n) is 4.36. The Morgan fingerprint density at radius 1 is 1.24 bits per heavy atom. The summed E-state index contributed by atoms with van der Waals surface area (Å²) < 4.78 is 19.1. The van der Waals surface area contributed by atoms with Crippen molar-refractivity contribution in [3.05, 3.63) is 53.3 Å². The molecule has 0 atom stereocenters. The van der Waals surface area contributed by atoms with Gasteiger partial charge in [0.15, 0.2) is 0 Å². The molecule has 25 heavy (non-hydrogen) atoms. The number of carboxylic acids is 1. The lowest BCUT2D eigenvalue weighted by molar-refractivity contribution is -0.136. The molecule has 3 rings (SSSR count). The van der Waals surface area contributed by atoms with Gasteiger partial charge >= 0.3 is 5.97 Å². The van der Waals surface area contributed by atoms with E-state index in [2.05, 4.69) is 18.8 Å². The molecule has 3 aromatic rings. The molecule has 0 saturated heterocycles. The fourth-order valence-corrected chi connectivity index (χ4v) is 3.06. The Morgan fingerprint density at radius 2 is 2.00 bits per heavy atom. The number of nitrogens with one attached hydrogen (secondary N) is 1. The van der Waals surface area contributed by atoms with Gasteiger partial charge in [-0.15, -0.1) is 0 Å². The zero-order valence-electron chi connectivity index (χ0n) is 14.4. The molecule has 4 nitrogen and oxygen atoms in total. The first-order chi connectivity index (χ1) is 11.9. The van der Waals surface area contributed by atoms with E-state index in [9.17, 15) is 14.3 Å². The molecular weight excluding hydrogens is 321 g/mol. The Morgan fingerprint density at radius 3 is 2.64 bits per heavy atom. The van der Waals surface area contributed by atoms with Gasteiger partial charge in [0.2, 0.25) is 0 Å². The number of carbonyl (C=O) groups is 1. The SMILES string of the molecule is COc1ccc(F)cc1-c1[nH]c2ccc(C(C)C)cc2c1CC(=O)O. The standard InChI is InChI=1S/C20H20FNO3/c1-11(2)12-4-6-17-14(8-12)15(10-19(23)24)20(22-17)16-9-13(21)5-7-18(16)25-3/h4-9,11,22H,10H2,1-3H3,(H,23,24). The summed E-state index contributed by atoms with van der Waals surface area (Å²) in [4.78, 5) is 14.7. The highest BCUT2D eigenvalue weighted by atomic mass is 19.1. The van der Waals surface area contributed by atoms with Crippen LogP contribution in [0.15, 0.2) is 36.4 Å². The van der Waals surface area contributed by atoms with Crippen molar-refractivity contribution in [3.63, 3.8) is 0 Å². The van der Waals surface area contributed by atoms with Crippen molar-refractivity contribution in [2.45, 2.75) is 26.2 Å². The van der Waals surface area contributed by atoms with E-state index in [4.69, 9.17) is 4.74 Å². The van der Waals surface area contributed by atoms with Crippen LogP contribution < -0.4 is 4.74 Å². The van der Waals surface area contributed by atoms with Crippen LogP contribution in [0.4, 0.5) is 4.39 Å². The van der Waals surface area contributed by atoms with Gasteiger partial charge < -0.3 is 14.8 Å². The molecule has 5 heteroatoms. The second-order valence-electron chi connectivity index (χ2n) is 6.35. The van der Waals surface area contributed by atoms with Crippen LogP contribution in [0.1, 0.15) is 30.9 Å². The molecule has 0 saturated carbocycles. The predicted octanol–water partition coefficient (Wildman–Crippen LogP) is 4.73. The van der Waals surface area contributed by atoms with E-state index in [1.54, 1.807) is 6.07 Å². The number of benzene rings is 2. The first kappa shape index (κ1) is 17.0. The third kappa shape index (κ3) is 3.22. The third-order valence-corrected chi connectivity index (χ3v) is 4.36. The van der Waals surface area contributed by atoms with Crippen LogP contribution in [0.25, 0.3) is 22.2 Å². The van der Waals surface area contributed by atoms with E-state index in [-0.39, 0.29) is 6.42 Å². The lowest BCUT2D eigenvalue weighted by Gasteiger charge is -2.09. The fourth-order valence-electron chi connectivity index (χ4n) is 3.06. The number of aliphatic carboxylic acids is 1. The summed E-state index contributed by atoms with van der Waals surface area (Å²) in [6, 6.07) is 10.2. The van der Waals surface area contributed by atoms with Crippen molar-refractivity contribution >= 4 is 16.9 Å². The van der Waals surface area contributed by atoms with E-state index in [0.717, 1.165) is 16.5 Å². The molecule has 0 aliphatic rings. The maximum absolute atomic E-state index is 13.8.